The number of hydrogen-bond donors (Lipinski definition) is 0. The molecule has 0 saturated carbocycles. The quantitative estimate of drug-likeness (QED) is 0.812. The van der Waals surface area contributed by atoms with Gasteiger partial charge in [-0.3, -0.25) is 14.7 Å². The number of amidine groups is 1. The molecule has 0 fully saturated rings. The molecule has 3 nitrogen and oxygen atoms in total. The first-order valence-corrected chi connectivity index (χ1v) is 8.41. The molecular weight excluding hydrogens is 296 g/mol. The normalized spacial score (nSPS) is 14.7. The summed E-state index contributed by atoms with van der Waals surface area (Å²) in [7, 11) is 0. The second kappa shape index (κ2) is 6.23. The highest BCUT2D eigenvalue weighted by Crippen LogP contribution is 2.30. The Morgan fingerprint density at radius 3 is 2.17 bits per heavy atom. The highest BCUT2D eigenvalue weighted by molar-refractivity contribution is 6.13. The molecule has 0 atom stereocenters. The molecule has 1 heterocycles. The second-order valence-corrected chi connectivity index (χ2v) is 7.27. The van der Waals surface area contributed by atoms with Gasteiger partial charge in [0.15, 0.2) is 0 Å². The average molecular weight is 320 g/mol. The van der Waals surface area contributed by atoms with Crippen LogP contribution < -0.4 is 0 Å². The summed E-state index contributed by atoms with van der Waals surface area (Å²) < 4.78 is 0. The number of benzene rings is 2. The Labute approximate surface area is 144 Å². The van der Waals surface area contributed by atoms with Crippen molar-refractivity contribution >= 4 is 11.7 Å². The van der Waals surface area contributed by atoms with Crippen molar-refractivity contribution in [2.75, 3.05) is 13.1 Å². The van der Waals surface area contributed by atoms with E-state index in [0.717, 1.165) is 17.0 Å². The summed E-state index contributed by atoms with van der Waals surface area (Å²) in [6.45, 7) is 9.31. The van der Waals surface area contributed by atoms with E-state index in [4.69, 9.17) is 0 Å². The van der Waals surface area contributed by atoms with Gasteiger partial charge in [-0.05, 0) is 23.6 Å². The predicted molar refractivity (Wildman–Crippen MR) is 99.2 cm³/mol. The van der Waals surface area contributed by atoms with Crippen LogP contribution in [0.25, 0.3) is 11.1 Å². The van der Waals surface area contributed by atoms with E-state index in [1.54, 1.807) is 0 Å². The van der Waals surface area contributed by atoms with Crippen molar-refractivity contribution in [3.63, 3.8) is 0 Å². The van der Waals surface area contributed by atoms with Crippen molar-refractivity contribution in [1.29, 1.82) is 0 Å². The van der Waals surface area contributed by atoms with E-state index in [-0.39, 0.29) is 5.91 Å². The zero-order valence-corrected chi connectivity index (χ0v) is 14.8. The number of carbonyl (C=O) groups excluding carboxylic acids is 1. The SMILES string of the molecule is Cc1ccccc1-c1ccccc1C1=NCCN1C(=O)C(C)(C)C. The van der Waals surface area contributed by atoms with Gasteiger partial charge in [0.1, 0.15) is 5.84 Å². The largest absolute Gasteiger partial charge is 0.294 e. The van der Waals surface area contributed by atoms with Crippen LogP contribution in [-0.2, 0) is 4.79 Å². The molecule has 0 spiro atoms. The Balaban J connectivity index is 2.08. The number of aliphatic imine (C=N–C) groups is 1. The Morgan fingerprint density at radius 2 is 1.54 bits per heavy atom. The number of amides is 1. The van der Waals surface area contributed by atoms with Crippen LogP contribution in [0.1, 0.15) is 31.9 Å². The first kappa shape index (κ1) is 16.4. The molecular formula is C21H24N2O. The highest BCUT2D eigenvalue weighted by Gasteiger charge is 2.33. The number of carbonyl (C=O) groups is 1. The van der Waals surface area contributed by atoms with E-state index in [9.17, 15) is 4.79 Å². The predicted octanol–water partition coefficient (Wildman–Crippen LogP) is 4.30. The summed E-state index contributed by atoms with van der Waals surface area (Å²) in [4.78, 5) is 19.3. The average Bonchev–Trinajstić information content (AvgIpc) is 3.03. The molecule has 1 aliphatic heterocycles. The molecule has 1 aliphatic rings. The van der Waals surface area contributed by atoms with E-state index in [2.05, 4.69) is 36.2 Å². The lowest BCUT2D eigenvalue weighted by Crippen LogP contribution is -2.42. The van der Waals surface area contributed by atoms with E-state index < -0.39 is 5.41 Å². The van der Waals surface area contributed by atoms with Gasteiger partial charge in [0, 0.05) is 17.5 Å². The summed E-state index contributed by atoms with van der Waals surface area (Å²) in [5.74, 6) is 0.923. The van der Waals surface area contributed by atoms with Crippen LogP contribution in [0.3, 0.4) is 0 Å². The molecule has 0 N–H and O–H groups in total. The Morgan fingerprint density at radius 1 is 0.958 bits per heavy atom. The zero-order chi connectivity index (χ0) is 17.3. The first-order valence-electron chi connectivity index (χ1n) is 8.41. The van der Waals surface area contributed by atoms with Gasteiger partial charge in [-0.25, -0.2) is 0 Å². The van der Waals surface area contributed by atoms with Crippen molar-refractivity contribution in [3.8, 4) is 11.1 Å². The number of nitrogens with zero attached hydrogens (tertiary/aromatic N) is 2. The number of rotatable bonds is 2. The van der Waals surface area contributed by atoms with E-state index in [1.807, 2.05) is 49.9 Å². The molecule has 0 aromatic heterocycles. The van der Waals surface area contributed by atoms with E-state index in [1.165, 1.54) is 11.1 Å². The molecule has 24 heavy (non-hydrogen) atoms. The van der Waals surface area contributed by atoms with Gasteiger partial charge in [-0.15, -0.1) is 0 Å². The number of hydrogen-bond acceptors (Lipinski definition) is 2. The standard InChI is InChI=1S/C21H24N2O/c1-15-9-5-6-10-16(15)17-11-7-8-12-18(17)19-22-13-14-23(19)20(24)21(2,3)4/h5-12H,13-14H2,1-4H3. The zero-order valence-electron chi connectivity index (χ0n) is 14.8. The topological polar surface area (TPSA) is 32.7 Å². The minimum Gasteiger partial charge on any atom is -0.294 e. The second-order valence-electron chi connectivity index (χ2n) is 7.27. The lowest BCUT2D eigenvalue weighted by atomic mass is 9.92. The van der Waals surface area contributed by atoms with Crippen molar-refractivity contribution in [3.05, 3.63) is 59.7 Å². The Kier molecular flexibility index (Phi) is 4.27. The monoisotopic (exact) mass is 320 g/mol. The van der Waals surface area contributed by atoms with Crippen molar-refractivity contribution in [2.24, 2.45) is 10.4 Å². The van der Waals surface area contributed by atoms with Gasteiger partial charge in [0.25, 0.3) is 0 Å². The highest BCUT2D eigenvalue weighted by atomic mass is 16.2. The van der Waals surface area contributed by atoms with Gasteiger partial charge in [0.2, 0.25) is 5.91 Å². The lowest BCUT2D eigenvalue weighted by Gasteiger charge is -2.27. The fraction of sp³-hybridized carbons (Fsp3) is 0.333. The summed E-state index contributed by atoms with van der Waals surface area (Å²) in [5.41, 5.74) is 4.15. The van der Waals surface area contributed by atoms with E-state index in [0.29, 0.717) is 13.1 Å². The molecule has 2 aromatic carbocycles. The summed E-state index contributed by atoms with van der Waals surface area (Å²) in [6.07, 6.45) is 0. The fourth-order valence-electron chi connectivity index (χ4n) is 3.07. The number of aryl methyl sites for hydroxylation is 1. The molecule has 0 radical (unpaired) electrons. The van der Waals surface area contributed by atoms with Crippen LogP contribution >= 0.6 is 0 Å². The Bertz CT molecular complexity index is 799. The van der Waals surface area contributed by atoms with Crippen LogP contribution in [0.2, 0.25) is 0 Å². The molecule has 0 bridgehead atoms. The lowest BCUT2D eigenvalue weighted by molar-refractivity contribution is -0.134. The molecule has 0 saturated heterocycles. The molecule has 3 heteroatoms. The van der Waals surface area contributed by atoms with Gasteiger partial charge in [-0.2, -0.15) is 0 Å². The van der Waals surface area contributed by atoms with Crippen LogP contribution in [0, 0.1) is 12.3 Å². The van der Waals surface area contributed by atoms with Crippen molar-refractivity contribution < 1.29 is 4.79 Å². The third-order valence-electron chi connectivity index (χ3n) is 4.33. The van der Waals surface area contributed by atoms with E-state index >= 15 is 0 Å². The molecule has 0 aliphatic carbocycles. The van der Waals surface area contributed by atoms with Crippen molar-refractivity contribution in [2.45, 2.75) is 27.7 Å². The third-order valence-corrected chi connectivity index (χ3v) is 4.33. The van der Waals surface area contributed by atoms with Gasteiger partial charge < -0.3 is 0 Å². The van der Waals surface area contributed by atoms with Gasteiger partial charge >= 0.3 is 0 Å². The molecule has 3 rings (SSSR count). The minimum atomic E-state index is -0.414. The molecule has 2 aromatic rings. The van der Waals surface area contributed by atoms with Gasteiger partial charge in [-0.1, -0.05) is 69.3 Å². The fourth-order valence-corrected chi connectivity index (χ4v) is 3.07. The minimum absolute atomic E-state index is 0.123. The summed E-state index contributed by atoms with van der Waals surface area (Å²) in [6, 6.07) is 16.6. The maximum absolute atomic E-state index is 12.8. The molecule has 1 amide bonds. The summed E-state index contributed by atoms with van der Waals surface area (Å²) in [5, 5.41) is 0. The van der Waals surface area contributed by atoms with Crippen LogP contribution in [0.15, 0.2) is 53.5 Å². The van der Waals surface area contributed by atoms with Gasteiger partial charge in [0.05, 0.1) is 6.54 Å². The molecule has 0 unspecified atom stereocenters. The smallest absolute Gasteiger partial charge is 0.233 e. The molecule has 124 valence electrons. The van der Waals surface area contributed by atoms with Crippen LogP contribution in [-0.4, -0.2) is 29.7 Å². The van der Waals surface area contributed by atoms with Crippen LogP contribution in [0.4, 0.5) is 0 Å². The Hall–Kier alpha value is -2.42. The van der Waals surface area contributed by atoms with Crippen LogP contribution in [0.5, 0.6) is 0 Å². The first-order chi connectivity index (χ1) is 11.4. The third kappa shape index (κ3) is 2.99. The summed E-state index contributed by atoms with van der Waals surface area (Å²) >= 11 is 0. The van der Waals surface area contributed by atoms with Crippen molar-refractivity contribution in [1.82, 2.24) is 4.90 Å². The maximum atomic E-state index is 12.8. The maximum Gasteiger partial charge on any atom is 0.233 e.